The van der Waals surface area contributed by atoms with Gasteiger partial charge in [0.25, 0.3) is 0 Å². The second-order valence-electron chi connectivity index (χ2n) is 8.24. The predicted molar refractivity (Wildman–Crippen MR) is 112 cm³/mol. The number of H-pyrrole nitrogens is 1. The van der Waals surface area contributed by atoms with Gasteiger partial charge < -0.3 is 9.88 Å². The SMILES string of the molecule is CC(C)C[C@@H]1N[C@H](C(=O)N(C)Cc2cccnc2)Cc2c[nH]c3cccc1c23. The van der Waals surface area contributed by atoms with Crippen molar-refractivity contribution in [2.24, 2.45) is 5.92 Å². The average Bonchev–Trinajstić information content (AvgIpc) is 3.02. The van der Waals surface area contributed by atoms with E-state index in [2.05, 4.69) is 53.5 Å². The van der Waals surface area contributed by atoms with E-state index in [4.69, 9.17) is 0 Å². The molecule has 4 rings (SSSR count). The summed E-state index contributed by atoms with van der Waals surface area (Å²) in [6.07, 6.45) is 7.33. The van der Waals surface area contributed by atoms with E-state index in [1.807, 2.05) is 25.4 Å². The second kappa shape index (κ2) is 7.76. The van der Waals surface area contributed by atoms with Crippen LogP contribution in [0.15, 0.2) is 48.9 Å². The van der Waals surface area contributed by atoms with Crippen LogP contribution in [0.3, 0.4) is 0 Å². The minimum Gasteiger partial charge on any atom is -0.361 e. The fraction of sp³-hybridized carbons (Fsp3) is 0.391. The first-order valence-electron chi connectivity index (χ1n) is 10.0. The Balaban J connectivity index is 1.62. The Bertz CT molecular complexity index is 963. The van der Waals surface area contributed by atoms with Crippen molar-refractivity contribution in [2.45, 2.75) is 45.3 Å². The number of nitrogens with zero attached hydrogens (tertiary/aromatic N) is 2. The van der Waals surface area contributed by atoms with E-state index in [-0.39, 0.29) is 18.0 Å². The van der Waals surface area contributed by atoms with Crippen molar-refractivity contribution >= 4 is 16.8 Å². The van der Waals surface area contributed by atoms with Gasteiger partial charge in [-0.2, -0.15) is 0 Å². The van der Waals surface area contributed by atoms with E-state index in [0.717, 1.165) is 17.5 Å². The van der Waals surface area contributed by atoms with Gasteiger partial charge in [-0.1, -0.05) is 32.0 Å². The van der Waals surface area contributed by atoms with E-state index in [1.54, 1.807) is 11.1 Å². The first-order valence-corrected chi connectivity index (χ1v) is 10.0. The van der Waals surface area contributed by atoms with Gasteiger partial charge in [-0.25, -0.2) is 0 Å². The number of nitrogens with one attached hydrogen (secondary N) is 2. The van der Waals surface area contributed by atoms with Gasteiger partial charge >= 0.3 is 0 Å². The Morgan fingerprint density at radius 1 is 1.29 bits per heavy atom. The standard InChI is InChI=1S/C23H28N4O/c1-15(2)10-20-18-7-4-8-19-22(18)17(13-25-19)11-21(26-20)23(28)27(3)14-16-6-5-9-24-12-16/h4-9,12-13,15,20-21,25-26H,10-11,14H2,1-3H3/t20-,21-/m0/s1. The van der Waals surface area contributed by atoms with E-state index in [9.17, 15) is 4.79 Å². The highest BCUT2D eigenvalue weighted by molar-refractivity contribution is 5.90. The Labute approximate surface area is 166 Å². The molecule has 1 aliphatic rings. The Morgan fingerprint density at radius 2 is 2.14 bits per heavy atom. The molecule has 0 unspecified atom stereocenters. The van der Waals surface area contributed by atoms with Crippen LogP contribution in [-0.2, 0) is 17.8 Å². The lowest BCUT2D eigenvalue weighted by molar-refractivity contribution is -0.132. The summed E-state index contributed by atoms with van der Waals surface area (Å²) in [4.78, 5) is 22.7. The van der Waals surface area contributed by atoms with E-state index in [1.165, 1.54) is 16.5 Å². The van der Waals surface area contributed by atoms with Crippen LogP contribution in [-0.4, -0.2) is 33.9 Å². The number of pyridine rings is 1. The lowest BCUT2D eigenvalue weighted by Gasteiger charge is -2.28. The number of amides is 1. The van der Waals surface area contributed by atoms with Crippen LogP contribution in [0.5, 0.6) is 0 Å². The number of carbonyl (C=O) groups excluding carboxylic acids is 1. The molecule has 0 bridgehead atoms. The third-order valence-corrected chi connectivity index (χ3v) is 5.55. The molecule has 2 aromatic heterocycles. The highest BCUT2D eigenvalue weighted by Crippen LogP contribution is 2.34. The maximum atomic E-state index is 13.3. The number of hydrogen-bond acceptors (Lipinski definition) is 3. The summed E-state index contributed by atoms with van der Waals surface area (Å²) in [5, 5.41) is 4.97. The van der Waals surface area contributed by atoms with Crippen molar-refractivity contribution < 1.29 is 4.79 Å². The minimum absolute atomic E-state index is 0.125. The van der Waals surface area contributed by atoms with Crippen molar-refractivity contribution in [3.05, 3.63) is 65.6 Å². The largest absolute Gasteiger partial charge is 0.361 e. The van der Waals surface area contributed by atoms with Crippen molar-refractivity contribution in [2.75, 3.05) is 7.05 Å². The number of benzene rings is 1. The zero-order valence-corrected chi connectivity index (χ0v) is 16.8. The fourth-order valence-electron chi connectivity index (χ4n) is 4.28. The molecule has 0 aliphatic carbocycles. The Kier molecular flexibility index (Phi) is 5.18. The van der Waals surface area contributed by atoms with Crippen LogP contribution in [0, 0.1) is 5.92 Å². The molecule has 0 saturated heterocycles. The molecule has 0 saturated carbocycles. The van der Waals surface area contributed by atoms with Crippen LogP contribution in [0.2, 0.25) is 0 Å². The van der Waals surface area contributed by atoms with Crippen molar-refractivity contribution in [3.8, 4) is 0 Å². The third kappa shape index (κ3) is 3.67. The van der Waals surface area contributed by atoms with Gasteiger partial charge in [0.05, 0.1) is 6.04 Å². The van der Waals surface area contributed by atoms with Crippen molar-refractivity contribution in [1.82, 2.24) is 20.2 Å². The molecule has 28 heavy (non-hydrogen) atoms. The molecule has 2 N–H and O–H groups in total. The molecular weight excluding hydrogens is 348 g/mol. The van der Waals surface area contributed by atoms with Crippen LogP contribution in [0.25, 0.3) is 10.9 Å². The van der Waals surface area contributed by atoms with Gasteiger partial charge in [0.1, 0.15) is 0 Å². The maximum Gasteiger partial charge on any atom is 0.240 e. The smallest absolute Gasteiger partial charge is 0.240 e. The Morgan fingerprint density at radius 3 is 2.89 bits per heavy atom. The van der Waals surface area contributed by atoms with E-state index in [0.29, 0.717) is 18.9 Å². The molecule has 5 nitrogen and oxygen atoms in total. The summed E-state index contributed by atoms with van der Waals surface area (Å²) in [6, 6.07) is 10.3. The van der Waals surface area contributed by atoms with Gasteiger partial charge in [-0.15, -0.1) is 0 Å². The van der Waals surface area contributed by atoms with Gasteiger partial charge in [0, 0.05) is 49.1 Å². The summed E-state index contributed by atoms with van der Waals surface area (Å²) in [7, 11) is 1.87. The number of rotatable bonds is 5. The topological polar surface area (TPSA) is 61.0 Å². The fourth-order valence-corrected chi connectivity index (χ4v) is 4.28. The quantitative estimate of drug-likeness (QED) is 0.712. The molecule has 0 radical (unpaired) electrons. The number of aromatic amines is 1. The molecule has 0 spiro atoms. The highest BCUT2D eigenvalue weighted by atomic mass is 16.2. The summed E-state index contributed by atoms with van der Waals surface area (Å²) in [5.41, 5.74) is 4.71. The zero-order valence-electron chi connectivity index (χ0n) is 16.8. The first kappa shape index (κ1) is 18.7. The van der Waals surface area contributed by atoms with Crippen LogP contribution in [0.4, 0.5) is 0 Å². The monoisotopic (exact) mass is 376 g/mol. The molecule has 146 valence electrons. The van der Waals surface area contributed by atoms with Crippen LogP contribution >= 0.6 is 0 Å². The molecule has 2 atom stereocenters. The molecule has 3 aromatic rings. The molecule has 1 aromatic carbocycles. The van der Waals surface area contributed by atoms with E-state index < -0.39 is 0 Å². The summed E-state index contributed by atoms with van der Waals surface area (Å²) in [5.74, 6) is 0.664. The number of hydrogen-bond donors (Lipinski definition) is 2. The molecule has 0 fully saturated rings. The first-order chi connectivity index (χ1) is 13.5. The average molecular weight is 377 g/mol. The maximum absolute atomic E-state index is 13.3. The molecule has 1 aliphatic heterocycles. The van der Waals surface area contributed by atoms with E-state index >= 15 is 0 Å². The summed E-state index contributed by atoms with van der Waals surface area (Å²) >= 11 is 0. The predicted octanol–water partition coefficient (Wildman–Crippen LogP) is 3.82. The van der Waals surface area contributed by atoms with Crippen molar-refractivity contribution in [1.29, 1.82) is 0 Å². The highest BCUT2D eigenvalue weighted by Gasteiger charge is 2.31. The summed E-state index contributed by atoms with van der Waals surface area (Å²) in [6.45, 7) is 5.03. The summed E-state index contributed by atoms with van der Waals surface area (Å²) < 4.78 is 0. The third-order valence-electron chi connectivity index (χ3n) is 5.55. The lowest BCUT2D eigenvalue weighted by atomic mass is 9.94. The van der Waals surface area contributed by atoms with Crippen molar-refractivity contribution in [3.63, 3.8) is 0 Å². The van der Waals surface area contributed by atoms with Crippen LogP contribution < -0.4 is 5.32 Å². The Hall–Kier alpha value is -2.66. The number of carbonyl (C=O) groups is 1. The zero-order chi connectivity index (χ0) is 19.7. The number of likely N-dealkylation sites (N-methyl/N-ethyl adjacent to an activating group) is 1. The molecule has 3 heterocycles. The second-order valence-corrected chi connectivity index (χ2v) is 8.24. The molecule has 5 heteroatoms. The van der Waals surface area contributed by atoms with Gasteiger partial charge in [0.15, 0.2) is 0 Å². The van der Waals surface area contributed by atoms with Gasteiger partial charge in [-0.05, 0) is 47.6 Å². The normalized spacial score (nSPS) is 19.0. The van der Waals surface area contributed by atoms with Gasteiger partial charge in [-0.3, -0.25) is 15.1 Å². The minimum atomic E-state index is -0.239. The molecule has 1 amide bonds. The van der Waals surface area contributed by atoms with Gasteiger partial charge in [0.2, 0.25) is 5.91 Å². The van der Waals surface area contributed by atoms with Crippen LogP contribution in [0.1, 0.15) is 43.0 Å². The molecular formula is C23H28N4O. The number of aromatic nitrogens is 2. The lowest BCUT2D eigenvalue weighted by Crippen LogP contribution is -2.46.